The van der Waals surface area contributed by atoms with Crippen LogP contribution in [0.4, 0.5) is 0 Å². The van der Waals surface area contributed by atoms with Crippen LogP contribution in [0.3, 0.4) is 0 Å². The van der Waals surface area contributed by atoms with Gasteiger partial charge in [-0.3, -0.25) is 0 Å². The molecule has 0 saturated heterocycles. The van der Waals surface area contributed by atoms with Crippen LogP contribution in [0, 0.1) is 0 Å². The Labute approximate surface area is 149 Å². The molecule has 0 aliphatic heterocycles. The molecule has 3 aromatic rings. The van der Waals surface area contributed by atoms with Crippen LogP contribution in [0.5, 0.6) is 0 Å². The van der Waals surface area contributed by atoms with Crippen LogP contribution in [0.25, 0.3) is 0 Å². The zero-order chi connectivity index (χ0) is 15.5. The van der Waals surface area contributed by atoms with Crippen molar-refractivity contribution in [2.75, 3.05) is 6.16 Å². The first-order chi connectivity index (χ1) is 10.7. The fourth-order valence-electron chi connectivity index (χ4n) is 3.30. The van der Waals surface area contributed by atoms with Crippen LogP contribution < -0.4 is 21.4 Å². The second-order valence-electron chi connectivity index (χ2n) is 5.70. The molecule has 3 heteroatoms. The molecule has 23 heavy (non-hydrogen) atoms. The van der Waals surface area contributed by atoms with E-state index >= 15 is 0 Å². The van der Waals surface area contributed by atoms with Gasteiger partial charge in [0.1, 0.15) is 0 Å². The van der Waals surface area contributed by atoms with E-state index in [2.05, 4.69) is 97.9 Å². The summed E-state index contributed by atoms with van der Waals surface area (Å²) < 4.78 is 0. The Morgan fingerprint density at radius 3 is 1.09 bits per heavy atom. The third-order valence-electron chi connectivity index (χ3n) is 4.70. The Morgan fingerprint density at radius 2 is 0.870 bits per heavy atom. The second-order valence-corrected chi connectivity index (χ2v) is 10.6. The summed E-state index contributed by atoms with van der Waals surface area (Å²) in [4.78, 5) is 0. The van der Waals surface area contributed by atoms with Crippen molar-refractivity contribution in [3.05, 3.63) is 91.0 Å². The third kappa shape index (κ3) is 2.76. The van der Waals surface area contributed by atoms with Gasteiger partial charge in [-0.05, 0) is 0 Å². The van der Waals surface area contributed by atoms with E-state index in [0.29, 0.717) is 0 Å². The van der Waals surface area contributed by atoms with E-state index in [-0.39, 0.29) is 17.0 Å². The van der Waals surface area contributed by atoms with Gasteiger partial charge in [-0.2, -0.15) is 0 Å². The fraction of sp³-hybridized carbons (Fsp3) is 0.100. The Kier molecular flexibility index (Phi) is 5.41. The summed E-state index contributed by atoms with van der Waals surface area (Å²) in [5.41, 5.74) is 7.42. The van der Waals surface area contributed by atoms with Crippen LogP contribution in [0.2, 0.25) is 0 Å². The van der Waals surface area contributed by atoms with Crippen molar-refractivity contribution in [2.45, 2.75) is 6.92 Å². The average Bonchev–Trinajstić information content (AvgIpc) is 2.63. The predicted molar refractivity (Wildman–Crippen MR) is 110 cm³/mol. The molecule has 0 aliphatic carbocycles. The molecule has 0 amide bonds. The van der Waals surface area contributed by atoms with Crippen molar-refractivity contribution in [3.8, 4) is 0 Å². The van der Waals surface area contributed by atoms with Crippen LogP contribution in [-0.2, 0) is 0 Å². The van der Waals surface area contributed by atoms with Gasteiger partial charge in [0, 0.05) is 0 Å². The summed E-state index contributed by atoms with van der Waals surface area (Å²) in [6, 6.07) is 31.8. The first-order valence-corrected chi connectivity index (χ1v) is 10.2. The molecule has 0 heterocycles. The van der Waals surface area contributed by atoms with Crippen LogP contribution in [0.15, 0.2) is 91.0 Å². The van der Waals surface area contributed by atoms with E-state index in [0.717, 1.165) is 6.16 Å². The Balaban J connectivity index is 0.00000192. The molecule has 0 bridgehead atoms. The molecular formula is C20H23BrNP. The maximum absolute atomic E-state index is 7.42. The van der Waals surface area contributed by atoms with Gasteiger partial charge in [0.15, 0.2) is 0 Å². The van der Waals surface area contributed by atoms with Crippen molar-refractivity contribution in [1.82, 2.24) is 0 Å². The van der Waals surface area contributed by atoms with Crippen molar-refractivity contribution in [3.63, 3.8) is 0 Å². The summed E-state index contributed by atoms with van der Waals surface area (Å²) in [5, 5.41) is 3.73. The molecule has 0 saturated carbocycles. The molecule has 3 aromatic carbocycles. The summed E-state index contributed by atoms with van der Waals surface area (Å²) in [5.74, 6) is 0. The quantitative estimate of drug-likeness (QED) is 0.673. The summed E-state index contributed by atoms with van der Waals surface area (Å²) in [6.07, 6.45) is 0.906. The van der Waals surface area contributed by atoms with Crippen LogP contribution >= 0.6 is 23.7 Å². The number of hydrogen-bond donors (Lipinski definition) is 1. The van der Waals surface area contributed by atoms with Gasteiger partial charge in [0.2, 0.25) is 0 Å². The van der Waals surface area contributed by atoms with Gasteiger partial charge in [-0.15, -0.1) is 17.0 Å². The predicted octanol–water partition coefficient (Wildman–Crippen LogP) is 3.99. The number of nitrogens with two attached hydrogens (primary N) is 1. The van der Waals surface area contributed by atoms with E-state index < -0.39 is 6.75 Å². The monoisotopic (exact) mass is 387 g/mol. The molecule has 2 N–H and O–H groups in total. The van der Waals surface area contributed by atoms with Gasteiger partial charge in [0.05, 0.1) is 0 Å². The number of hydrogen-bond acceptors (Lipinski definition) is 1. The molecule has 0 spiro atoms. The Bertz CT molecular complexity index is 645. The van der Waals surface area contributed by atoms with E-state index in [1.165, 1.54) is 15.9 Å². The Hall–Kier alpha value is -1.47. The fourth-order valence-corrected chi connectivity index (χ4v) is 7.85. The topological polar surface area (TPSA) is 26.0 Å². The molecule has 0 radical (unpaired) electrons. The third-order valence-corrected chi connectivity index (χ3v) is 10.4. The average molecular weight is 388 g/mol. The van der Waals surface area contributed by atoms with Gasteiger partial charge in [0.25, 0.3) is 0 Å². The van der Waals surface area contributed by atoms with Crippen molar-refractivity contribution >= 4 is 39.6 Å². The van der Waals surface area contributed by atoms with Crippen molar-refractivity contribution in [1.29, 1.82) is 0 Å². The molecule has 0 unspecified atom stereocenters. The van der Waals surface area contributed by atoms with Crippen LogP contribution in [-0.4, -0.2) is 6.16 Å². The number of benzene rings is 3. The normalized spacial score (nSPS) is 12.7. The molecule has 120 valence electrons. The molecule has 0 atom stereocenters. The SMILES string of the molecule is Br.CCP(N)(c1ccccc1)(c1ccccc1)c1ccccc1. The molecular weight excluding hydrogens is 365 g/mol. The molecule has 0 aliphatic rings. The van der Waals surface area contributed by atoms with E-state index in [4.69, 9.17) is 5.50 Å². The summed E-state index contributed by atoms with van der Waals surface area (Å²) in [6.45, 7) is -0.687. The van der Waals surface area contributed by atoms with E-state index in [1.54, 1.807) is 0 Å². The summed E-state index contributed by atoms with van der Waals surface area (Å²) >= 11 is 0. The molecule has 3 rings (SSSR count). The van der Waals surface area contributed by atoms with Crippen molar-refractivity contribution in [2.24, 2.45) is 5.50 Å². The summed E-state index contributed by atoms with van der Waals surface area (Å²) in [7, 11) is 0. The standard InChI is InChI=1S/C20H22NP.BrH/c1-2-22(21,18-12-6-3-7-13-18,19-14-8-4-9-15-19)20-16-10-5-11-17-20;/h3-17H,2,21H2,1H3;1H. The van der Waals surface area contributed by atoms with Gasteiger partial charge < -0.3 is 0 Å². The van der Waals surface area contributed by atoms with Gasteiger partial charge >= 0.3 is 132 Å². The molecule has 0 aromatic heterocycles. The zero-order valence-electron chi connectivity index (χ0n) is 13.3. The Morgan fingerprint density at radius 1 is 0.609 bits per heavy atom. The van der Waals surface area contributed by atoms with Crippen molar-refractivity contribution < 1.29 is 0 Å². The number of rotatable bonds is 4. The van der Waals surface area contributed by atoms with E-state index in [1.807, 2.05) is 0 Å². The minimum absolute atomic E-state index is 0. The zero-order valence-corrected chi connectivity index (χ0v) is 15.9. The first kappa shape index (κ1) is 17.9. The maximum atomic E-state index is 7.42. The van der Waals surface area contributed by atoms with Gasteiger partial charge in [-0.1, -0.05) is 0 Å². The van der Waals surface area contributed by atoms with Gasteiger partial charge in [-0.25, -0.2) is 0 Å². The molecule has 1 nitrogen and oxygen atoms in total. The van der Waals surface area contributed by atoms with Crippen LogP contribution in [0.1, 0.15) is 6.92 Å². The molecule has 0 fully saturated rings. The first-order valence-electron chi connectivity index (χ1n) is 7.68. The van der Waals surface area contributed by atoms with E-state index in [9.17, 15) is 0 Å². The second kappa shape index (κ2) is 6.97. The minimum atomic E-state index is -2.90. The number of halogens is 1.